The van der Waals surface area contributed by atoms with Crippen molar-refractivity contribution in [3.63, 3.8) is 0 Å². The van der Waals surface area contributed by atoms with Crippen molar-refractivity contribution in [3.8, 4) is 5.75 Å². The first kappa shape index (κ1) is 21.4. The maximum Gasteiger partial charge on any atom is 0.378 e. The fourth-order valence-electron chi connectivity index (χ4n) is 5.24. The Bertz CT molecular complexity index is 1210. The van der Waals surface area contributed by atoms with Crippen LogP contribution in [0.4, 0.5) is 4.39 Å². The number of benzene rings is 1. The Kier molecular flexibility index (Phi) is 5.28. The molecule has 4 heterocycles. The molecule has 3 atom stereocenters. The lowest BCUT2D eigenvalue weighted by Gasteiger charge is -2.45. The van der Waals surface area contributed by atoms with Gasteiger partial charge in [0, 0.05) is 31.6 Å². The maximum absolute atomic E-state index is 13.3. The molecule has 9 heteroatoms. The fourth-order valence-corrected chi connectivity index (χ4v) is 5.24. The van der Waals surface area contributed by atoms with Gasteiger partial charge in [-0.05, 0) is 42.7 Å². The Morgan fingerprint density at radius 3 is 2.82 bits per heavy atom. The number of esters is 1. The number of carbonyl (C=O) groups excluding carboxylic acids is 2. The van der Waals surface area contributed by atoms with Gasteiger partial charge in [0.1, 0.15) is 17.5 Å². The average Bonchev–Trinajstić information content (AvgIpc) is 3.28. The van der Waals surface area contributed by atoms with Gasteiger partial charge in [0.25, 0.3) is 5.76 Å². The molecule has 0 radical (unpaired) electrons. The van der Waals surface area contributed by atoms with Crippen molar-refractivity contribution in [2.24, 2.45) is 5.73 Å². The van der Waals surface area contributed by atoms with E-state index in [9.17, 15) is 14.0 Å². The van der Waals surface area contributed by atoms with Crippen molar-refractivity contribution >= 4 is 23.0 Å². The van der Waals surface area contributed by atoms with Crippen molar-refractivity contribution in [3.05, 3.63) is 59.7 Å². The van der Waals surface area contributed by atoms with Crippen LogP contribution < -0.4 is 10.5 Å². The number of primary amides is 1. The zero-order valence-corrected chi connectivity index (χ0v) is 18.1. The van der Waals surface area contributed by atoms with E-state index in [1.807, 2.05) is 0 Å². The quantitative estimate of drug-likeness (QED) is 0.571. The molecule has 0 spiro atoms. The number of ether oxygens (including phenoxy) is 2. The van der Waals surface area contributed by atoms with Crippen LogP contribution in [0, 0.1) is 5.82 Å². The van der Waals surface area contributed by atoms with Gasteiger partial charge in [-0.15, -0.1) is 0 Å². The average molecular weight is 453 g/mol. The molecule has 0 aliphatic carbocycles. The first-order valence-electron chi connectivity index (χ1n) is 10.8. The second-order valence-electron chi connectivity index (χ2n) is 8.62. The van der Waals surface area contributed by atoms with Gasteiger partial charge in [-0.1, -0.05) is 12.1 Å². The first-order valence-corrected chi connectivity index (χ1v) is 10.8. The summed E-state index contributed by atoms with van der Waals surface area (Å²) >= 11 is 0. The molecule has 2 aromatic heterocycles. The largest absolute Gasteiger partial charge is 0.491 e. The number of rotatable bonds is 6. The van der Waals surface area contributed by atoms with Crippen molar-refractivity contribution in [1.29, 1.82) is 0 Å². The standard InChI is InChI=1S/C24H24FN3O5/c1-31-20-19-18(3-2-10-27-19)33-21(20)22(29)32-17-11-16-8-9-24(12-17,23(26)30)28(16)13-14-4-6-15(25)7-5-14/h2-7,10,16-17H,8-9,11-13H2,1H3,(H2,26,30). The predicted molar refractivity (Wildman–Crippen MR) is 116 cm³/mol. The molecule has 0 saturated carbocycles. The summed E-state index contributed by atoms with van der Waals surface area (Å²) < 4.78 is 30.1. The van der Waals surface area contributed by atoms with Crippen LogP contribution in [0.3, 0.4) is 0 Å². The number of amides is 1. The summed E-state index contributed by atoms with van der Waals surface area (Å²) in [4.78, 5) is 31.9. The van der Waals surface area contributed by atoms with E-state index in [4.69, 9.17) is 19.6 Å². The van der Waals surface area contributed by atoms with Crippen LogP contribution in [0.5, 0.6) is 5.75 Å². The SMILES string of the molecule is COc1c(C(=O)OC2CC3CCC(C(N)=O)(C2)N3Cc2ccc(F)cc2)oc2cccnc12. The molecule has 1 amide bonds. The minimum Gasteiger partial charge on any atom is -0.491 e. The van der Waals surface area contributed by atoms with Crippen LogP contribution in [0.15, 0.2) is 47.0 Å². The second kappa shape index (κ2) is 8.15. The molecular formula is C24H24FN3O5. The van der Waals surface area contributed by atoms with Crippen molar-refractivity contribution in [1.82, 2.24) is 9.88 Å². The Balaban J connectivity index is 1.37. The van der Waals surface area contributed by atoms with E-state index in [0.29, 0.717) is 30.5 Å². The molecule has 2 saturated heterocycles. The summed E-state index contributed by atoms with van der Waals surface area (Å²) in [6.45, 7) is 0.470. The highest BCUT2D eigenvalue weighted by Gasteiger charge is 2.56. The van der Waals surface area contributed by atoms with Gasteiger partial charge in [0.2, 0.25) is 5.91 Å². The van der Waals surface area contributed by atoms with Crippen molar-refractivity contribution in [2.75, 3.05) is 7.11 Å². The number of halogens is 1. The van der Waals surface area contributed by atoms with Crippen LogP contribution >= 0.6 is 0 Å². The van der Waals surface area contributed by atoms with E-state index in [1.165, 1.54) is 19.2 Å². The number of aromatic nitrogens is 1. The second-order valence-corrected chi connectivity index (χ2v) is 8.62. The van der Waals surface area contributed by atoms with Crippen LogP contribution in [0.2, 0.25) is 0 Å². The molecule has 8 nitrogen and oxygen atoms in total. The third kappa shape index (κ3) is 3.62. The van der Waals surface area contributed by atoms with Gasteiger partial charge in [0.05, 0.1) is 7.11 Å². The number of nitrogens with zero attached hydrogens (tertiary/aromatic N) is 2. The molecule has 2 fully saturated rings. The highest BCUT2D eigenvalue weighted by atomic mass is 19.1. The monoisotopic (exact) mass is 453 g/mol. The molecule has 1 aromatic carbocycles. The van der Waals surface area contributed by atoms with Gasteiger partial charge in [-0.25, -0.2) is 14.2 Å². The lowest BCUT2D eigenvalue weighted by molar-refractivity contribution is -0.136. The zero-order valence-electron chi connectivity index (χ0n) is 18.1. The summed E-state index contributed by atoms with van der Waals surface area (Å²) in [5.74, 6) is -1.26. The lowest BCUT2D eigenvalue weighted by atomic mass is 9.85. The highest BCUT2D eigenvalue weighted by molar-refractivity contribution is 5.97. The minimum atomic E-state index is -0.929. The van der Waals surface area contributed by atoms with Crippen LogP contribution in [-0.4, -0.2) is 46.6 Å². The fraction of sp³-hybridized carbons (Fsp3) is 0.375. The van der Waals surface area contributed by atoms with Gasteiger partial charge < -0.3 is 19.6 Å². The Labute approximate surface area is 189 Å². The van der Waals surface area contributed by atoms with Crippen LogP contribution in [-0.2, 0) is 16.1 Å². The predicted octanol–water partition coefficient (Wildman–Crippen LogP) is 3.18. The molecule has 5 rings (SSSR count). The van der Waals surface area contributed by atoms with Gasteiger partial charge >= 0.3 is 5.97 Å². The van der Waals surface area contributed by atoms with E-state index < -0.39 is 23.5 Å². The molecule has 2 aliphatic rings. The number of carbonyl (C=O) groups is 2. The number of pyridine rings is 1. The molecule has 2 aliphatic heterocycles. The first-order chi connectivity index (χ1) is 15.9. The summed E-state index contributed by atoms with van der Waals surface area (Å²) in [5, 5.41) is 0. The maximum atomic E-state index is 13.3. The van der Waals surface area contributed by atoms with E-state index in [0.717, 1.165) is 12.0 Å². The number of hydrogen-bond donors (Lipinski definition) is 1. The smallest absolute Gasteiger partial charge is 0.378 e. The summed E-state index contributed by atoms with van der Waals surface area (Å²) in [6.07, 6.45) is 3.26. The number of hydrogen-bond acceptors (Lipinski definition) is 7. The Morgan fingerprint density at radius 1 is 1.30 bits per heavy atom. The molecule has 172 valence electrons. The van der Waals surface area contributed by atoms with E-state index >= 15 is 0 Å². The molecular weight excluding hydrogens is 429 g/mol. The Morgan fingerprint density at radius 2 is 2.09 bits per heavy atom. The molecule has 3 unspecified atom stereocenters. The third-order valence-electron chi connectivity index (χ3n) is 6.77. The molecule has 2 N–H and O–H groups in total. The molecule has 33 heavy (non-hydrogen) atoms. The van der Waals surface area contributed by atoms with Gasteiger partial charge in [-0.2, -0.15) is 0 Å². The highest BCUT2D eigenvalue weighted by Crippen LogP contribution is 2.46. The van der Waals surface area contributed by atoms with E-state index in [2.05, 4.69) is 9.88 Å². The summed E-state index contributed by atoms with van der Waals surface area (Å²) in [7, 11) is 1.44. The van der Waals surface area contributed by atoms with Gasteiger partial charge in [-0.3, -0.25) is 9.69 Å². The zero-order chi connectivity index (χ0) is 23.2. The third-order valence-corrected chi connectivity index (χ3v) is 6.77. The normalized spacial score (nSPS) is 24.7. The number of fused-ring (bicyclic) bond motifs is 3. The van der Waals surface area contributed by atoms with Crippen LogP contribution in [0.1, 0.15) is 41.8 Å². The topological polar surface area (TPSA) is 108 Å². The van der Waals surface area contributed by atoms with Crippen LogP contribution in [0.25, 0.3) is 11.1 Å². The minimum absolute atomic E-state index is 0.00772. The number of methoxy groups -OCH3 is 1. The van der Waals surface area contributed by atoms with E-state index in [1.54, 1.807) is 30.5 Å². The summed E-state index contributed by atoms with van der Waals surface area (Å²) in [6, 6.07) is 9.61. The number of nitrogens with two attached hydrogens (primary N) is 1. The molecule has 2 bridgehead atoms. The van der Waals surface area contributed by atoms with E-state index in [-0.39, 0.29) is 29.8 Å². The van der Waals surface area contributed by atoms with Crippen molar-refractivity contribution < 1.29 is 27.9 Å². The number of furan rings is 1. The molecule has 3 aromatic rings. The van der Waals surface area contributed by atoms with Crippen molar-refractivity contribution in [2.45, 2.75) is 49.9 Å². The van der Waals surface area contributed by atoms with Gasteiger partial charge in [0.15, 0.2) is 16.8 Å². The summed E-state index contributed by atoms with van der Waals surface area (Å²) in [5.41, 5.74) is 6.70. The Hall–Kier alpha value is -3.46. The lowest BCUT2D eigenvalue weighted by Crippen LogP contribution is -2.60. The number of piperidine rings is 1.